The molecule has 0 aromatic carbocycles. The summed E-state index contributed by atoms with van der Waals surface area (Å²) in [6.07, 6.45) is 10.0. The predicted octanol–water partition coefficient (Wildman–Crippen LogP) is 3.21. The maximum absolute atomic E-state index is 5.49. The molecule has 0 aliphatic rings. The van der Waals surface area contributed by atoms with Gasteiger partial charge in [-0.2, -0.15) is 0 Å². The van der Waals surface area contributed by atoms with E-state index in [1.54, 1.807) is 0 Å². The lowest BCUT2D eigenvalue weighted by molar-refractivity contribution is 0.636. The zero-order valence-corrected chi connectivity index (χ0v) is 7.90. The van der Waals surface area contributed by atoms with Crippen molar-refractivity contribution >= 4 is 0 Å². The van der Waals surface area contributed by atoms with Gasteiger partial charge in [0.05, 0.1) is 0 Å². The van der Waals surface area contributed by atoms with Crippen LogP contribution in [0.25, 0.3) is 0 Å². The van der Waals surface area contributed by atoms with Crippen molar-refractivity contribution in [2.75, 3.05) is 0 Å². The van der Waals surface area contributed by atoms with Crippen LogP contribution in [-0.4, -0.2) is 0 Å². The van der Waals surface area contributed by atoms with E-state index in [9.17, 15) is 0 Å². The Morgan fingerprint density at radius 3 is 2.36 bits per heavy atom. The Morgan fingerprint density at radius 1 is 1.18 bits per heavy atom. The molecule has 0 saturated heterocycles. The fourth-order valence-electron chi connectivity index (χ4n) is 1.08. The minimum Gasteiger partial charge on any atom is -0.403 e. The predicted molar refractivity (Wildman–Crippen MR) is 51.3 cm³/mol. The van der Waals surface area contributed by atoms with Crippen molar-refractivity contribution in [2.45, 2.75) is 52.4 Å². The molecule has 1 heteroatoms. The molecule has 0 saturated carbocycles. The highest BCUT2D eigenvalue weighted by atomic mass is 14.5. The van der Waals surface area contributed by atoms with Gasteiger partial charge in [0.2, 0.25) is 0 Å². The fourth-order valence-corrected chi connectivity index (χ4v) is 1.08. The first-order valence-corrected chi connectivity index (χ1v) is 4.69. The molecule has 0 aromatic rings. The van der Waals surface area contributed by atoms with Gasteiger partial charge in [-0.3, -0.25) is 0 Å². The van der Waals surface area contributed by atoms with Crippen molar-refractivity contribution in [3.05, 3.63) is 11.8 Å². The standard InChI is InChI=1S/C10H21N/c1-3-4-5-6-7-8-9-10(2)11/h9H,3-8,11H2,1-2H3/b10-9-. The molecule has 0 bridgehead atoms. The van der Waals surface area contributed by atoms with Gasteiger partial charge in [-0.1, -0.05) is 38.7 Å². The number of unbranched alkanes of at least 4 members (excludes halogenated alkanes) is 5. The smallest absolute Gasteiger partial charge is 0.000832 e. The van der Waals surface area contributed by atoms with E-state index < -0.39 is 0 Å². The zero-order chi connectivity index (χ0) is 8.53. The summed E-state index contributed by atoms with van der Waals surface area (Å²) in [5.74, 6) is 0. The average molecular weight is 155 g/mol. The molecule has 1 nitrogen and oxygen atoms in total. The van der Waals surface area contributed by atoms with E-state index in [1.807, 2.05) is 6.92 Å². The topological polar surface area (TPSA) is 26.0 Å². The first kappa shape index (κ1) is 10.5. The van der Waals surface area contributed by atoms with Crippen LogP contribution in [0.5, 0.6) is 0 Å². The summed E-state index contributed by atoms with van der Waals surface area (Å²) in [7, 11) is 0. The lowest BCUT2D eigenvalue weighted by Gasteiger charge is -1.96. The van der Waals surface area contributed by atoms with E-state index in [0.29, 0.717) is 0 Å². The third-order valence-corrected chi connectivity index (χ3v) is 1.77. The number of hydrogen-bond acceptors (Lipinski definition) is 1. The molecule has 0 aromatic heterocycles. The lowest BCUT2D eigenvalue weighted by atomic mass is 10.1. The molecule has 0 heterocycles. The molecule has 0 aliphatic carbocycles. The summed E-state index contributed by atoms with van der Waals surface area (Å²) < 4.78 is 0. The van der Waals surface area contributed by atoms with Crippen LogP contribution in [0.1, 0.15) is 52.4 Å². The molecule has 0 fully saturated rings. The van der Waals surface area contributed by atoms with E-state index in [0.717, 1.165) is 12.1 Å². The van der Waals surface area contributed by atoms with Crippen molar-refractivity contribution in [3.63, 3.8) is 0 Å². The van der Waals surface area contributed by atoms with E-state index in [4.69, 9.17) is 5.73 Å². The quantitative estimate of drug-likeness (QED) is 0.586. The van der Waals surface area contributed by atoms with Gasteiger partial charge >= 0.3 is 0 Å². The highest BCUT2D eigenvalue weighted by Gasteiger charge is 1.86. The van der Waals surface area contributed by atoms with Gasteiger partial charge in [0, 0.05) is 5.70 Å². The SMILES string of the molecule is CCCCCCC/C=C(/C)N. The number of allylic oxidation sites excluding steroid dienone is 2. The normalized spacial score (nSPS) is 12.0. The Hall–Kier alpha value is -0.460. The summed E-state index contributed by atoms with van der Waals surface area (Å²) in [6, 6.07) is 0. The van der Waals surface area contributed by atoms with Crippen molar-refractivity contribution in [1.82, 2.24) is 0 Å². The van der Waals surface area contributed by atoms with E-state index in [1.165, 1.54) is 32.1 Å². The van der Waals surface area contributed by atoms with Gasteiger partial charge in [0.25, 0.3) is 0 Å². The summed E-state index contributed by atoms with van der Waals surface area (Å²) in [5, 5.41) is 0. The monoisotopic (exact) mass is 155 g/mol. The largest absolute Gasteiger partial charge is 0.403 e. The molecule has 0 radical (unpaired) electrons. The Morgan fingerprint density at radius 2 is 1.82 bits per heavy atom. The average Bonchev–Trinajstić information content (AvgIpc) is 1.96. The van der Waals surface area contributed by atoms with Crippen LogP contribution in [0.15, 0.2) is 11.8 Å². The van der Waals surface area contributed by atoms with Gasteiger partial charge in [-0.05, 0) is 19.8 Å². The Balaban J connectivity index is 2.97. The molecular formula is C10H21N. The maximum atomic E-state index is 5.49. The first-order valence-electron chi connectivity index (χ1n) is 4.69. The minimum atomic E-state index is 0.959. The number of rotatable bonds is 6. The van der Waals surface area contributed by atoms with E-state index in [2.05, 4.69) is 13.0 Å². The van der Waals surface area contributed by atoms with Crippen molar-refractivity contribution in [1.29, 1.82) is 0 Å². The molecule has 0 unspecified atom stereocenters. The van der Waals surface area contributed by atoms with Gasteiger partial charge < -0.3 is 5.73 Å². The van der Waals surface area contributed by atoms with Crippen molar-refractivity contribution < 1.29 is 0 Å². The van der Waals surface area contributed by atoms with Crippen molar-refractivity contribution in [2.24, 2.45) is 5.73 Å². The molecular weight excluding hydrogens is 134 g/mol. The molecule has 2 N–H and O–H groups in total. The zero-order valence-electron chi connectivity index (χ0n) is 7.90. The van der Waals surface area contributed by atoms with Gasteiger partial charge in [-0.15, -0.1) is 0 Å². The van der Waals surface area contributed by atoms with Gasteiger partial charge in [-0.25, -0.2) is 0 Å². The Bertz CT molecular complexity index is 101. The maximum Gasteiger partial charge on any atom is 0.000832 e. The van der Waals surface area contributed by atoms with Crippen LogP contribution >= 0.6 is 0 Å². The van der Waals surface area contributed by atoms with Crippen LogP contribution < -0.4 is 5.73 Å². The molecule has 66 valence electrons. The molecule has 0 rings (SSSR count). The number of nitrogens with two attached hydrogens (primary N) is 1. The molecule has 0 amide bonds. The fraction of sp³-hybridized carbons (Fsp3) is 0.800. The first-order chi connectivity index (χ1) is 5.27. The van der Waals surface area contributed by atoms with Crippen LogP contribution in [0.2, 0.25) is 0 Å². The number of hydrogen-bond donors (Lipinski definition) is 1. The van der Waals surface area contributed by atoms with Gasteiger partial charge in [0.1, 0.15) is 0 Å². The van der Waals surface area contributed by atoms with Crippen LogP contribution in [0.4, 0.5) is 0 Å². The molecule has 0 atom stereocenters. The Kier molecular flexibility index (Phi) is 7.33. The Labute approximate surface area is 70.7 Å². The van der Waals surface area contributed by atoms with Crippen LogP contribution in [-0.2, 0) is 0 Å². The lowest BCUT2D eigenvalue weighted by Crippen LogP contribution is -1.89. The van der Waals surface area contributed by atoms with Crippen molar-refractivity contribution in [3.8, 4) is 0 Å². The molecule has 0 spiro atoms. The second-order valence-electron chi connectivity index (χ2n) is 3.15. The van der Waals surface area contributed by atoms with Crippen LogP contribution in [0, 0.1) is 0 Å². The second-order valence-corrected chi connectivity index (χ2v) is 3.15. The summed E-state index contributed by atoms with van der Waals surface area (Å²) in [4.78, 5) is 0. The summed E-state index contributed by atoms with van der Waals surface area (Å²) in [5.41, 5.74) is 6.45. The van der Waals surface area contributed by atoms with Gasteiger partial charge in [0.15, 0.2) is 0 Å². The second kappa shape index (κ2) is 7.64. The summed E-state index contributed by atoms with van der Waals surface area (Å²) >= 11 is 0. The molecule has 0 aliphatic heterocycles. The molecule has 11 heavy (non-hydrogen) atoms. The highest BCUT2D eigenvalue weighted by Crippen LogP contribution is 2.05. The third-order valence-electron chi connectivity index (χ3n) is 1.77. The minimum absolute atomic E-state index is 0.959. The summed E-state index contributed by atoms with van der Waals surface area (Å²) in [6.45, 7) is 4.19. The van der Waals surface area contributed by atoms with Crippen LogP contribution in [0.3, 0.4) is 0 Å². The van der Waals surface area contributed by atoms with E-state index in [-0.39, 0.29) is 0 Å². The highest BCUT2D eigenvalue weighted by molar-refractivity contribution is 4.90. The third kappa shape index (κ3) is 9.54. The van der Waals surface area contributed by atoms with E-state index >= 15 is 0 Å².